The topological polar surface area (TPSA) is 77.5 Å². The van der Waals surface area contributed by atoms with Gasteiger partial charge in [-0.25, -0.2) is 0 Å². The number of hydrogen-bond donors (Lipinski definition) is 2. The predicted molar refractivity (Wildman–Crippen MR) is 71.9 cm³/mol. The quantitative estimate of drug-likeness (QED) is 0.709. The Kier molecular flexibility index (Phi) is 9.36. The smallest absolute Gasteiger partial charge is 0.254 e. The molecule has 104 valence electrons. The Morgan fingerprint density at radius 3 is 2.89 bits per heavy atom. The van der Waals surface area contributed by atoms with Crippen LogP contribution in [0.3, 0.4) is 0 Å². The third kappa shape index (κ3) is 6.05. The van der Waals surface area contributed by atoms with Crippen molar-refractivity contribution in [3.63, 3.8) is 0 Å². The van der Waals surface area contributed by atoms with E-state index in [-0.39, 0.29) is 18.3 Å². The molecule has 0 aromatic carbocycles. The second kappa shape index (κ2) is 9.94. The third-order valence-electron chi connectivity index (χ3n) is 2.29. The Balaban J connectivity index is 0.00000289. The van der Waals surface area contributed by atoms with E-state index < -0.39 is 0 Å². The van der Waals surface area contributed by atoms with E-state index in [1.165, 1.54) is 6.26 Å². The molecule has 0 saturated heterocycles. The normalized spacial score (nSPS) is 9.89. The summed E-state index contributed by atoms with van der Waals surface area (Å²) >= 11 is 0. The maximum Gasteiger partial charge on any atom is 0.254 e. The molecule has 0 atom stereocenters. The first-order chi connectivity index (χ1) is 8.27. The number of carbonyl (C=O) groups excluding carboxylic acids is 1. The van der Waals surface area contributed by atoms with Gasteiger partial charge in [-0.1, -0.05) is 13.3 Å². The van der Waals surface area contributed by atoms with Gasteiger partial charge in [0, 0.05) is 13.2 Å². The number of amides is 1. The summed E-state index contributed by atoms with van der Waals surface area (Å²) in [4.78, 5) is 11.6. The van der Waals surface area contributed by atoms with Gasteiger partial charge in [0.25, 0.3) is 5.91 Å². The number of carbonyl (C=O) groups is 1. The van der Waals surface area contributed by atoms with Crippen LogP contribution in [-0.2, 0) is 11.3 Å². The molecular weight excluding hydrogens is 256 g/mol. The monoisotopic (exact) mass is 276 g/mol. The Morgan fingerprint density at radius 2 is 2.28 bits per heavy atom. The summed E-state index contributed by atoms with van der Waals surface area (Å²) in [5.74, 6) is 0.446. The van der Waals surface area contributed by atoms with Crippen LogP contribution in [0.5, 0.6) is 0 Å². The maximum absolute atomic E-state index is 11.6. The molecule has 1 aromatic heterocycles. The predicted octanol–water partition coefficient (Wildman–Crippen LogP) is 1.71. The van der Waals surface area contributed by atoms with Crippen molar-refractivity contribution in [3.05, 3.63) is 23.7 Å². The van der Waals surface area contributed by atoms with Gasteiger partial charge in [-0.3, -0.25) is 4.79 Å². The van der Waals surface area contributed by atoms with Crippen LogP contribution in [0.25, 0.3) is 0 Å². The van der Waals surface area contributed by atoms with E-state index in [1.807, 2.05) is 0 Å². The molecule has 6 heteroatoms. The minimum absolute atomic E-state index is 0. The highest BCUT2D eigenvalue weighted by Gasteiger charge is 2.08. The largest absolute Gasteiger partial charge is 0.467 e. The van der Waals surface area contributed by atoms with Crippen LogP contribution < -0.4 is 11.1 Å². The second-order valence-electron chi connectivity index (χ2n) is 3.73. The molecule has 1 aromatic rings. The summed E-state index contributed by atoms with van der Waals surface area (Å²) < 4.78 is 10.4. The lowest BCUT2D eigenvalue weighted by molar-refractivity contribution is 0.0912. The molecule has 0 spiro atoms. The number of furan rings is 1. The molecule has 5 nitrogen and oxygen atoms in total. The highest BCUT2D eigenvalue weighted by molar-refractivity contribution is 5.93. The molecule has 0 aliphatic heterocycles. The van der Waals surface area contributed by atoms with Crippen LogP contribution in [0, 0.1) is 0 Å². The highest BCUT2D eigenvalue weighted by Crippen LogP contribution is 2.06. The fourth-order valence-corrected chi connectivity index (χ4v) is 1.29. The summed E-state index contributed by atoms with van der Waals surface area (Å²) in [6.07, 6.45) is 3.58. The molecule has 1 amide bonds. The van der Waals surface area contributed by atoms with E-state index in [1.54, 1.807) is 6.07 Å². The van der Waals surface area contributed by atoms with E-state index in [9.17, 15) is 4.79 Å². The molecule has 0 aliphatic carbocycles. The van der Waals surface area contributed by atoms with E-state index >= 15 is 0 Å². The summed E-state index contributed by atoms with van der Waals surface area (Å²) in [5.41, 5.74) is 5.89. The zero-order valence-corrected chi connectivity index (χ0v) is 11.4. The minimum Gasteiger partial charge on any atom is -0.467 e. The summed E-state index contributed by atoms with van der Waals surface area (Å²) in [7, 11) is 0. The molecule has 0 unspecified atom stereocenters. The van der Waals surface area contributed by atoms with Crippen molar-refractivity contribution in [3.8, 4) is 0 Å². The van der Waals surface area contributed by atoms with E-state index in [0.29, 0.717) is 31.0 Å². The van der Waals surface area contributed by atoms with Crippen molar-refractivity contribution in [2.24, 2.45) is 5.73 Å². The Labute approximate surface area is 113 Å². The molecule has 3 N–H and O–H groups in total. The summed E-state index contributed by atoms with van der Waals surface area (Å²) in [5, 5.41) is 2.75. The molecule has 1 rings (SSSR count). The molecule has 0 bridgehead atoms. The van der Waals surface area contributed by atoms with Gasteiger partial charge in [0.1, 0.15) is 12.0 Å². The summed E-state index contributed by atoms with van der Waals surface area (Å²) in [6, 6.07) is 1.65. The third-order valence-corrected chi connectivity index (χ3v) is 2.29. The minimum atomic E-state index is -0.160. The van der Waals surface area contributed by atoms with Crippen molar-refractivity contribution in [2.45, 2.75) is 26.3 Å². The van der Waals surface area contributed by atoms with Crippen LogP contribution in [0.1, 0.15) is 35.9 Å². The molecule has 0 saturated carbocycles. The molecular formula is C12H21ClN2O3. The van der Waals surface area contributed by atoms with Gasteiger partial charge in [0.05, 0.1) is 18.7 Å². The van der Waals surface area contributed by atoms with E-state index in [4.69, 9.17) is 14.9 Å². The van der Waals surface area contributed by atoms with Crippen LogP contribution in [0.4, 0.5) is 0 Å². The van der Waals surface area contributed by atoms with Crippen LogP contribution in [0.2, 0.25) is 0 Å². The van der Waals surface area contributed by atoms with E-state index in [0.717, 1.165) is 19.4 Å². The molecule has 0 radical (unpaired) electrons. The van der Waals surface area contributed by atoms with Gasteiger partial charge in [-0.05, 0) is 12.5 Å². The van der Waals surface area contributed by atoms with Gasteiger partial charge in [0.15, 0.2) is 0 Å². The molecule has 1 heterocycles. The number of nitrogens with two attached hydrogens (primary N) is 1. The van der Waals surface area contributed by atoms with Gasteiger partial charge in [-0.15, -0.1) is 12.4 Å². The van der Waals surface area contributed by atoms with Gasteiger partial charge < -0.3 is 20.2 Å². The van der Waals surface area contributed by atoms with Crippen LogP contribution >= 0.6 is 12.4 Å². The lowest BCUT2D eigenvalue weighted by Crippen LogP contribution is -2.27. The Morgan fingerprint density at radius 1 is 1.50 bits per heavy atom. The zero-order valence-electron chi connectivity index (χ0n) is 10.6. The average Bonchev–Trinajstić information content (AvgIpc) is 2.82. The number of ether oxygens (including phenoxy) is 1. The standard InChI is InChI=1S/C12H20N2O3.ClH/c1-2-3-5-16-6-4-14-12(15)10-7-11(8-13)17-9-10;/h7,9H,2-6,8,13H2,1H3,(H,14,15);1H. The number of unbranched alkanes of at least 4 members (excludes halogenated alkanes) is 1. The van der Waals surface area contributed by atoms with Crippen molar-refractivity contribution in [1.29, 1.82) is 0 Å². The lowest BCUT2D eigenvalue weighted by Gasteiger charge is -2.04. The first-order valence-corrected chi connectivity index (χ1v) is 5.91. The summed E-state index contributed by atoms with van der Waals surface area (Å²) in [6.45, 7) is 4.20. The number of nitrogens with one attached hydrogen (secondary N) is 1. The lowest BCUT2D eigenvalue weighted by atomic mass is 10.3. The number of hydrogen-bond acceptors (Lipinski definition) is 4. The Bertz CT molecular complexity index is 342. The van der Waals surface area contributed by atoms with E-state index in [2.05, 4.69) is 12.2 Å². The van der Waals surface area contributed by atoms with Gasteiger partial charge in [-0.2, -0.15) is 0 Å². The van der Waals surface area contributed by atoms with Crippen molar-refractivity contribution in [2.75, 3.05) is 19.8 Å². The van der Waals surface area contributed by atoms with Crippen molar-refractivity contribution >= 4 is 18.3 Å². The van der Waals surface area contributed by atoms with Crippen molar-refractivity contribution in [1.82, 2.24) is 5.32 Å². The fraction of sp³-hybridized carbons (Fsp3) is 0.583. The first kappa shape index (κ1) is 17.0. The molecule has 18 heavy (non-hydrogen) atoms. The van der Waals surface area contributed by atoms with Crippen LogP contribution in [-0.4, -0.2) is 25.7 Å². The maximum atomic E-state index is 11.6. The van der Waals surface area contributed by atoms with Crippen LogP contribution in [0.15, 0.2) is 16.7 Å². The zero-order chi connectivity index (χ0) is 12.5. The molecule has 0 aliphatic rings. The number of rotatable bonds is 8. The van der Waals surface area contributed by atoms with Crippen molar-refractivity contribution < 1.29 is 13.9 Å². The van der Waals surface area contributed by atoms with Gasteiger partial charge >= 0.3 is 0 Å². The first-order valence-electron chi connectivity index (χ1n) is 5.91. The fourth-order valence-electron chi connectivity index (χ4n) is 1.29. The molecule has 0 fully saturated rings. The Hall–Kier alpha value is -1.04. The van der Waals surface area contributed by atoms with Gasteiger partial charge in [0.2, 0.25) is 0 Å². The number of halogens is 1. The average molecular weight is 277 g/mol. The highest BCUT2D eigenvalue weighted by atomic mass is 35.5. The SMILES string of the molecule is CCCCOCCNC(=O)c1coc(CN)c1.Cl. The second-order valence-corrected chi connectivity index (χ2v) is 3.73.